The van der Waals surface area contributed by atoms with E-state index in [4.69, 9.17) is 23.7 Å². The molecule has 1 aliphatic heterocycles. The number of hydrogen-bond acceptors (Lipinski definition) is 10. The summed E-state index contributed by atoms with van der Waals surface area (Å²) in [7, 11) is 0. The van der Waals surface area contributed by atoms with Gasteiger partial charge in [-0.15, -0.1) is 0 Å². The minimum atomic E-state index is -2.30. The van der Waals surface area contributed by atoms with Gasteiger partial charge in [-0.3, -0.25) is 19.2 Å². The van der Waals surface area contributed by atoms with Gasteiger partial charge in [0.1, 0.15) is 12.7 Å². The van der Waals surface area contributed by atoms with E-state index in [0.717, 1.165) is 27.7 Å². The summed E-state index contributed by atoms with van der Waals surface area (Å²) >= 11 is 0. The van der Waals surface area contributed by atoms with Crippen LogP contribution in [0.5, 0.6) is 0 Å². The summed E-state index contributed by atoms with van der Waals surface area (Å²) in [6.45, 7) is 4.06. The van der Waals surface area contributed by atoms with Gasteiger partial charge in [0.2, 0.25) is 11.9 Å². The average Bonchev–Trinajstić information content (AvgIpc) is 2.65. The van der Waals surface area contributed by atoms with Crippen molar-refractivity contribution in [1.82, 2.24) is 0 Å². The lowest BCUT2D eigenvalue weighted by molar-refractivity contribution is -0.360. The zero-order valence-electron chi connectivity index (χ0n) is 17.0. The fourth-order valence-corrected chi connectivity index (χ4v) is 3.19. The van der Waals surface area contributed by atoms with Gasteiger partial charge in [-0.25, -0.2) is 0 Å². The van der Waals surface area contributed by atoms with Crippen LogP contribution in [0.15, 0.2) is 30.3 Å². The summed E-state index contributed by atoms with van der Waals surface area (Å²) in [5.41, 5.74) is 0.183. The van der Waals surface area contributed by atoms with Crippen molar-refractivity contribution in [1.29, 1.82) is 0 Å². The van der Waals surface area contributed by atoms with Gasteiger partial charge in [0.05, 0.1) is 0 Å². The maximum atomic E-state index is 11.8. The fourth-order valence-electron chi connectivity index (χ4n) is 3.19. The summed E-state index contributed by atoms with van der Waals surface area (Å²) in [4.78, 5) is 46.6. The molecule has 5 atom stereocenters. The first-order valence-corrected chi connectivity index (χ1v) is 9.15. The zero-order valence-corrected chi connectivity index (χ0v) is 17.0. The van der Waals surface area contributed by atoms with Crippen molar-refractivity contribution >= 4 is 23.9 Å². The fraction of sp³-hybridized carbons (Fsp3) is 0.500. The molecule has 10 nitrogen and oxygen atoms in total. The van der Waals surface area contributed by atoms with E-state index in [1.165, 1.54) is 12.1 Å². The Hall–Kier alpha value is -2.98. The molecule has 1 aromatic carbocycles. The number of esters is 4. The average molecular weight is 424 g/mol. The first-order valence-electron chi connectivity index (χ1n) is 9.15. The van der Waals surface area contributed by atoms with Gasteiger partial charge in [0.25, 0.3) is 0 Å². The summed E-state index contributed by atoms with van der Waals surface area (Å²) in [5, 5.41) is 11.5. The van der Waals surface area contributed by atoms with Crippen LogP contribution < -0.4 is 0 Å². The van der Waals surface area contributed by atoms with E-state index in [2.05, 4.69) is 0 Å². The second-order valence-electron chi connectivity index (χ2n) is 6.70. The van der Waals surface area contributed by atoms with Crippen molar-refractivity contribution in [2.75, 3.05) is 6.61 Å². The van der Waals surface area contributed by atoms with Crippen molar-refractivity contribution in [3.8, 4) is 0 Å². The molecule has 0 radical (unpaired) electrons. The standard InChI is InChI=1S/C20H24O10/c1-11(21)26-10-16-17(27-12(2)22)18(28-13(3)23)19(29-14(4)24)20(25,30-16)15-8-6-5-7-9-15/h5-9,16-19,25H,10H2,1-4H3/t16-,17-,18+,19-,20?/m1/s1. The molecule has 0 spiro atoms. The number of hydrogen-bond donors (Lipinski definition) is 1. The van der Waals surface area contributed by atoms with Gasteiger partial charge in [-0.2, -0.15) is 0 Å². The predicted octanol–water partition coefficient (Wildman–Crippen LogP) is 0.589. The predicted molar refractivity (Wildman–Crippen MR) is 98.5 cm³/mol. The van der Waals surface area contributed by atoms with Crippen LogP contribution in [0.2, 0.25) is 0 Å². The topological polar surface area (TPSA) is 135 Å². The molecule has 0 bridgehead atoms. The number of ether oxygens (including phenoxy) is 5. The van der Waals surface area contributed by atoms with Crippen molar-refractivity contribution in [3.05, 3.63) is 35.9 Å². The lowest BCUT2D eigenvalue weighted by Crippen LogP contribution is -2.66. The molecule has 1 unspecified atom stereocenters. The molecule has 1 N–H and O–H groups in total. The van der Waals surface area contributed by atoms with E-state index < -0.39 is 60.7 Å². The molecule has 1 saturated heterocycles. The molecule has 10 heteroatoms. The van der Waals surface area contributed by atoms with Crippen LogP contribution in [0.3, 0.4) is 0 Å². The van der Waals surface area contributed by atoms with Crippen molar-refractivity contribution < 1.29 is 48.0 Å². The molecule has 30 heavy (non-hydrogen) atoms. The van der Waals surface area contributed by atoms with Crippen LogP contribution in [0.25, 0.3) is 0 Å². The van der Waals surface area contributed by atoms with Gasteiger partial charge < -0.3 is 28.8 Å². The first kappa shape index (κ1) is 23.3. The van der Waals surface area contributed by atoms with Gasteiger partial charge in [-0.1, -0.05) is 30.3 Å². The van der Waals surface area contributed by atoms with Crippen LogP contribution in [0.4, 0.5) is 0 Å². The smallest absolute Gasteiger partial charge is 0.303 e. The van der Waals surface area contributed by atoms with Crippen LogP contribution in [-0.4, -0.2) is 60.0 Å². The molecule has 164 valence electrons. The Morgan fingerprint density at radius 1 is 0.867 bits per heavy atom. The van der Waals surface area contributed by atoms with Crippen LogP contribution >= 0.6 is 0 Å². The first-order chi connectivity index (χ1) is 14.0. The summed E-state index contributed by atoms with van der Waals surface area (Å²) in [5.74, 6) is -5.27. The third-order valence-electron chi connectivity index (χ3n) is 4.24. The molecule has 1 fully saturated rings. The highest BCUT2D eigenvalue weighted by molar-refractivity contribution is 5.69. The summed E-state index contributed by atoms with van der Waals surface area (Å²) in [6.07, 6.45) is -5.60. The highest BCUT2D eigenvalue weighted by Gasteiger charge is 2.60. The highest BCUT2D eigenvalue weighted by atomic mass is 16.7. The quantitative estimate of drug-likeness (QED) is 0.510. The minimum Gasteiger partial charge on any atom is -0.463 e. The molecule has 1 heterocycles. The molecule has 1 aliphatic rings. The Morgan fingerprint density at radius 2 is 1.40 bits per heavy atom. The zero-order chi connectivity index (χ0) is 22.5. The monoisotopic (exact) mass is 424 g/mol. The lowest BCUT2D eigenvalue weighted by Gasteiger charge is -2.48. The highest BCUT2D eigenvalue weighted by Crippen LogP contribution is 2.40. The van der Waals surface area contributed by atoms with E-state index in [1.54, 1.807) is 18.2 Å². The third-order valence-corrected chi connectivity index (χ3v) is 4.24. The lowest BCUT2D eigenvalue weighted by atomic mass is 9.87. The van der Waals surface area contributed by atoms with Crippen LogP contribution in [0.1, 0.15) is 33.3 Å². The van der Waals surface area contributed by atoms with Gasteiger partial charge >= 0.3 is 23.9 Å². The number of carbonyl (C=O) groups excluding carboxylic acids is 4. The molecule has 0 saturated carbocycles. The Kier molecular flexibility index (Phi) is 7.52. The molecule has 0 aromatic heterocycles. The van der Waals surface area contributed by atoms with Crippen molar-refractivity contribution in [2.24, 2.45) is 0 Å². The van der Waals surface area contributed by atoms with Crippen LogP contribution in [-0.2, 0) is 48.6 Å². The Morgan fingerprint density at radius 3 is 1.90 bits per heavy atom. The number of carbonyl (C=O) groups is 4. The summed E-state index contributed by atoms with van der Waals surface area (Å²) in [6, 6.07) is 7.94. The van der Waals surface area contributed by atoms with Gasteiger partial charge in [0, 0.05) is 33.3 Å². The van der Waals surface area contributed by atoms with E-state index in [-0.39, 0.29) is 5.56 Å². The molecule has 0 aliphatic carbocycles. The van der Waals surface area contributed by atoms with E-state index in [1.807, 2.05) is 0 Å². The SMILES string of the molecule is CC(=O)OC[C@H]1OC(O)(c2ccccc2)[C@H](OC(C)=O)[C@@H](OC(C)=O)[C@@H]1OC(C)=O. The van der Waals surface area contributed by atoms with Crippen molar-refractivity contribution in [2.45, 2.75) is 57.9 Å². The molecular formula is C20H24O10. The maximum Gasteiger partial charge on any atom is 0.303 e. The largest absolute Gasteiger partial charge is 0.463 e. The van der Waals surface area contributed by atoms with E-state index in [9.17, 15) is 24.3 Å². The normalized spacial score (nSPS) is 28.2. The van der Waals surface area contributed by atoms with Crippen molar-refractivity contribution in [3.63, 3.8) is 0 Å². The molecule has 1 aromatic rings. The summed E-state index contributed by atoms with van der Waals surface area (Å²) < 4.78 is 26.6. The van der Waals surface area contributed by atoms with E-state index >= 15 is 0 Å². The molecule has 2 rings (SSSR count). The van der Waals surface area contributed by atoms with E-state index in [0.29, 0.717) is 0 Å². The van der Waals surface area contributed by atoms with Gasteiger partial charge in [0.15, 0.2) is 12.2 Å². The maximum absolute atomic E-state index is 11.8. The second kappa shape index (κ2) is 9.68. The van der Waals surface area contributed by atoms with Gasteiger partial charge in [-0.05, 0) is 0 Å². The third kappa shape index (κ3) is 5.55. The second-order valence-corrected chi connectivity index (χ2v) is 6.70. The number of aliphatic hydroxyl groups is 1. The Bertz CT molecular complexity index is 792. The molecular weight excluding hydrogens is 400 g/mol. The molecule has 0 amide bonds. The number of benzene rings is 1. The Balaban J connectivity index is 2.59. The van der Waals surface area contributed by atoms with Crippen LogP contribution in [0, 0.1) is 0 Å². The number of rotatable bonds is 6. The minimum absolute atomic E-state index is 0.183. The Labute approximate surface area is 173 Å².